The third-order valence-corrected chi connectivity index (χ3v) is 4.12. The fraction of sp³-hybridized carbons (Fsp3) is 0.167. The van der Waals surface area contributed by atoms with E-state index in [-0.39, 0.29) is 11.7 Å². The number of rotatable bonds is 4. The highest BCUT2D eigenvalue weighted by molar-refractivity contribution is 9.10. The van der Waals surface area contributed by atoms with Gasteiger partial charge < -0.3 is 14.5 Å². The van der Waals surface area contributed by atoms with E-state index in [2.05, 4.69) is 21.2 Å². The summed E-state index contributed by atoms with van der Waals surface area (Å²) in [5.74, 6) is 0.00837. The van der Waals surface area contributed by atoms with Crippen molar-refractivity contribution in [3.63, 3.8) is 0 Å². The van der Waals surface area contributed by atoms with Gasteiger partial charge in [0.1, 0.15) is 5.58 Å². The number of fused-ring (bicyclic) bond motifs is 1. The minimum absolute atomic E-state index is 0.279. The van der Waals surface area contributed by atoms with Crippen LogP contribution in [0.5, 0.6) is 0 Å². The average molecular weight is 374 g/mol. The maximum absolute atomic E-state index is 12.6. The standard InChI is InChI=1S/C18H16BrNO3/c1-11-9-12(19)7-8-15(11)20-18(21)17-14(10-22-2)13-5-3-4-6-16(13)23-17/h3-9H,10H2,1-2H3,(H,20,21). The molecule has 1 aromatic heterocycles. The Balaban J connectivity index is 1.98. The highest BCUT2D eigenvalue weighted by Gasteiger charge is 2.20. The molecule has 0 bridgehead atoms. The van der Waals surface area contributed by atoms with Gasteiger partial charge in [0.15, 0.2) is 5.76 Å². The van der Waals surface area contributed by atoms with Gasteiger partial charge in [0.2, 0.25) is 0 Å². The molecule has 0 saturated carbocycles. The number of carbonyl (C=O) groups is 1. The van der Waals surface area contributed by atoms with Gasteiger partial charge in [-0.3, -0.25) is 4.79 Å². The number of hydrogen-bond acceptors (Lipinski definition) is 3. The Hall–Kier alpha value is -2.11. The number of halogens is 1. The Morgan fingerprint density at radius 3 is 2.78 bits per heavy atom. The number of ether oxygens (including phenoxy) is 1. The van der Waals surface area contributed by atoms with Gasteiger partial charge in [-0.1, -0.05) is 34.1 Å². The summed E-state index contributed by atoms with van der Waals surface area (Å²) in [5.41, 5.74) is 3.16. The summed E-state index contributed by atoms with van der Waals surface area (Å²) in [6.07, 6.45) is 0. The predicted molar refractivity (Wildman–Crippen MR) is 93.8 cm³/mol. The largest absolute Gasteiger partial charge is 0.451 e. The van der Waals surface area contributed by atoms with Crippen molar-refractivity contribution in [1.82, 2.24) is 0 Å². The summed E-state index contributed by atoms with van der Waals surface area (Å²) in [6.45, 7) is 2.26. The number of furan rings is 1. The molecule has 0 radical (unpaired) electrons. The molecule has 118 valence electrons. The zero-order valence-electron chi connectivity index (χ0n) is 12.9. The summed E-state index contributed by atoms with van der Waals surface area (Å²) in [7, 11) is 1.60. The Kier molecular flexibility index (Phi) is 4.50. The molecular formula is C18H16BrNO3. The molecule has 0 spiro atoms. The van der Waals surface area contributed by atoms with E-state index in [1.165, 1.54) is 0 Å². The zero-order valence-corrected chi connectivity index (χ0v) is 14.4. The van der Waals surface area contributed by atoms with E-state index in [0.717, 1.165) is 26.7 Å². The van der Waals surface area contributed by atoms with E-state index in [9.17, 15) is 4.79 Å². The number of nitrogens with one attached hydrogen (secondary N) is 1. The third kappa shape index (κ3) is 3.16. The van der Waals surface area contributed by atoms with Crippen LogP contribution in [0.1, 0.15) is 21.7 Å². The van der Waals surface area contributed by atoms with Crippen LogP contribution < -0.4 is 5.32 Å². The van der Waals surface area contributed by atoms with Gasteiger partial charge in [0.05, 0.1) is 6.61 Å². The fourth-order valence-corrected chi connectivity index (χ4v) is 2.99. The molecule has 0 saturated heterocycles. The van der Waals surface area contributed by atoms with E-state index in [1.54, 1.807) is 7.11 Å². The van der Waals surface area contributed by atoms with Crippen molar-refractivity contribution in [2.24, 2.45) is 0 Å². The van der Waals surface area contributed by atoms with Gasteiger partial charge in [-0.25, -0.2) is 0 Å². The van der Waals surface area contributed by atoms with Crippen LogP contribution in [0.2, 0.25) is 0 Å². The smallest absolute Gasteiger partial charge is 0.291 e. The number of anilines is 1. The van der Waals surface area contributed by atoms with Gasteiger partial charge in [0.25, 0.3) is 5.91 Å². The lowest BCUT2D eigenvalue weighted by molar-refractivity contribution is 0.0992. The maximum Gasteiger partial charge on any atom is 0.291 e. The fourth-order valence-electron chi connectivity index (χ4n) is 2.52. The van der Waals surface area contributed by atoms with Crippen molar-refractivity contribution in [3.8, 4) is 0 Å². The molecule has 1 N–H and O–H groups in total. The Bertz CT molecular complexity index is 870. The molecule has 0 aliphatic heterocycles. The number of benzene rings is 2. The molecule has 5 heteroatoms. The van der Waals surface area contributed by atoms with Gasteiger partial charge in [0, 0.05) is 28.2 Å². The first-order chi connectivity index (χ1) is 11.1. The summed E-state index contributed by atoms with van der Waals surface area (Å²) in [4.78, 5) is 12.6. The number of methoxy groups -OCH3 is 1. The molecule has 2 aromatic carbocycles. The van der Waals surface area contributed by atoms with Crippen molar-refractivity contribution in [2.45, 2.75) is 13.5 Å². The third-order valence-electron chi connectivity index (χ3n) is 3.63. The lowest BCUT2D eigenvalue weighted by Gasteiger charge is -2.08. The molecule has 4 nitrogen and oxygen atoms in total. The van der Waals surface area contributed by atoms with Crippen LogP contribution >= 0.6 is 15.9 Å². The SMILES string of the molecule is COCc1c(C(=O)Nc2ccc(Br)cc2C)oc2ccccc12. The second-order valence-corrected chi connectivity index (χ2v) is 6.17. The van der Waals surface area contributed by atoms with E-state index in [0.29, 0.717) is 12.2 Å². The maximum atomic E-state index is 12.6. The monoisotopic (exact) mass is 373 g/mol. The van der Waals surface area contributed by atoms with Crippen molar-refractivity contribution >= 4 is 38.5 Å². The van der Waals surface area contributed by atoms with Gasteiger partial charge in [-0.15, -0.1) is 0 Å². The number of hydrogen-bond donors (Lipinski definition) is 1. The van der Waals surface area contributed by atoms with E-state index in [4.69, 9.17) is 9.15 Å². The molecule has 0 fully saturated rings. The first kappa shape index (κ1) is 15.8. The first-order valence-electron chi connectivity index (χ1n) is 7.17. The van der Waals surface area contributed by atoms with Crippen LogP contribution in [-0.2, 0) is 11.3 Å². The van der Waals surface area contributed by atoms with Crippen LogP contribution in [0.3, 0.4) is 0 Å². The number of amides is 1. The lowest BCUT2D eigenvalue weighted by atomic mass is 10.1. The second-order valence-electron chi connectivity index (χ2n) is 5.25. The zero-order chi connectivity index (χ0) is 16.4. The minimum atomic E-state index is -0.279. The average Bonchev–Trinajstić information content (AvgIpc) is 2.90. The second kappa shape index (κ2) is 6.56. The molecule has 0 aliphatic carbocycles. The van der Waals surface area contributed by atoms with Crippen molar-refractivity contribution < 1.29 is 13.9 Å². The minimum Gasteiger partial charge on any atom is -0.451 e. The summed E-state index contributed by atoms with van der Waals surface area (Å²) in [6, 6.07) is 13.3. The van der Waals surface area contributed by atoms with Crippen LogP contribution in [0.25, 0.3) is 11.0 Å². The Labute approximate surface area is 142 Å². The first-order valence-corrected chi connectivity index (χ1v) is 7.96. The van der Waals surface area contributed by atoms with Crippen molar-refractivity contribution in [2.75, 3.05) is 12.4 Å². The van der Waals surface area contributed by atoms with Gasteiger partial charge in [-0.05, 0) is 36.8 Å². The predicted octanol–water partition coefficient (Wildman–Crippen LogP) is 4.90. The summed E-state index contributed by atoms with van der Waals surface area (Å²) < 4.78 is 11.9. The van der Waals surface area contributed by atoms with Crippen LogP contribution in [0, 0.1) is 6.92 Å². The number of carbonyl (C=O) groups excluding carboxylic acids is 1. The van der Waals surface area contributed by atoms with Gasteiger partial charge >= 0.3 is 0 Å². The highest BCUT2D eigenvalue weighted by Crippen LogP contribution is 2.28. The molecule has 1 heterocycles. The summed E-state index contributed by atoms with van der Waals surface area (Å²) in [5, 5.41) is 3.80. The molecular weight excluding hydrogens is 358 g/mol. The molecule has 3 aromatic rings. The van der Waals surface area contributed by atoms with E-state index in [1.807, 2.05) is 49.4 Å². The molecule has 0 aliphatic rings. The molecule has 0 unspecified atom stereocenters. The van der Waals surface area contributed by atoms with Crippen molar-refractivity contribution in [1.29, 1.82) is 0 Å². The molecule has 0 atom stereocenters. The molecule has 23 heavy (non-hydrogen) atoms. The van der Waals surface area contributed by atoms with E-state index < -0.39 is 0 Å². The Morgan fingerprint density at radius 2 is 2.04 bits per heavy atom. The lowest BCUT2D eigenvalue weighted by Crippen LogP contribution is -2.14. The van der Waals surface area contributed by atoms with Crippen LogP contribution in [0.4, 0.5) is 5.69 Å². The van der Waals surface area contributed by atoms with E-state index >= 15 is 0 Å². The van der Waals surface area contributed by atoms with Crippen molar-refractivity contribution in [3.05, 3.63) is 63.8 Å². The normalized spacial score (nSPS) is 10.9. The van der Waals surface area contributed by atoms with Crippen LogP contribution in [0.15, 0.2) is 51.4 Å². The topological polar surface area (TPSA) is 51.5 Å². The molecule has 1 amide bonds. The highest BCUT2D eigenvalue weighted by atomic mass is 79.9. The summed E-state index contributed by atoms with van der Waals surface area (Å²) >= 11 is 3.42. The quantitative estimate of drug-likeness (QED) is 0.707. The number of aryl methyl sites for hydroxylation is 1. The van der Waals surface area contributed by atoms with Crippen LogP contribution in [-0.4, -0.2) is 13.0 Å². The Morgan fingerprint density at radius 1 is 1.26 bits per heavy atom. The molecule has 3 rings (SSSR count). The van der Waals surface area contributed by atoms with Gasteiger partial charge in [-0.2, -0.15) is 0 Å². The number of para-hydroxylation sites is 1.